The molecule has 0 radical (unpaired) electrons. The zero-order valence-corrected chi connectivity index (χ0v) is 14.4. The molecule has 1 aromatic rings. The number of benzene rings is 1. The van der Waals surface area contributed by atoms with Crippen LogP contribution >= 0.6 is 0 Å². The van der Waals surface area contributed by atoms with Gasteiger partial charge in [-0.2, -0.15) is 0 Å². The summed E-state index contributed by atoms with van der Waals surface area (Å²) in [5.41, 5.74) is 0. The minimum absolute atomic E-state index is 0.124. The maximum absolute atomic E-state index is 11.6. The molecule has 1 aliphatic carbocycles. The Bertz CT molecular complexity index is 537. The molecule has 1 aromatic carbocycles. The number of amides is 1. The quantitative estimate of drug-likeness (QED) is 0.919. The van der Waals surface area contributed by atoms with Gasteiger partial charge in [-0.1, -0.05) is 18.2 Å². The van der Waals surface area contributed by atoms with Gasteiger partial charge in [-0.25, -0.2) is 0 Å². The minimum atomic E-state index is -0.483. The Morgan fingerprint density at radius 3 is 2.62 bits per heavy atom. The van der Waals surface area contributed by atoms with Crippen LogP contribution in [0.1, 0.15) is 32.6 Å². The number of aliphatic hydroxyl groups is 1. The molecule has 1 amide bonds. The Hall–Kier alpha value is -1.59. The van der Waals surface area contributed by atoms with E-state index >= 15 is 0 Å². The molecule has 5 nitrogen and oxygen atoms in total. The summed E-state index contributed by atoms with van der Waals surface area (Å²) in [5, 5.41) is 10.9. The first-order valence-electron chi connectivity index (χ1n) is 9.04. The summed E-state index contributed by atoms with van der Waals surface area (Å²) in [6.07, 6.45) is 3.27. The Morgan fingerprint density at radius 2 is 1.88 bits per heavy atom. The van der Waals surface area contributed by atoms with Crippen LogP contribution in [-0.4, -0.2) is 65.2 Å². The van der Waals surface area contributed by atoms with Crippen LogP contribution in [0.25, 0.3) is 0 Å². The van der Waals surface area contributed by atoms with Gasteiger partial charge in [0.05, 0.1) is 0 Å². The Morgan fingerprint density at radius 1 is 1.08 bits per heavy atom. The highest BCUT2D eigenvalue weighted by Gasteiger charge is 2.37. The smallest absolute Gasteiger partial charge is 0.219 e. The third kappa shape index (κ3) is 4.08. The van der Waals surface area contributed by atoms with E-state index < -0.39 is 6.10 Å². The van der Waals surface area contributed by atoms with Crippen molar-refractivity contribution in [3.8, 4) is 5.75 Å². The number of hydrogen-bond donors (Lipinski definition) is 1. The molecular formula is C19H28N2O3. The monoisotopic (exact) mass is 332 g/mol. The molecule has 5 heteroatoms. The molecule has 1 saturated carbocycles. The van der Waals surface area contributed by atoms with Crippen LogP contribution in [0, 0.1) is 0 Å². The Kier molecular flexibility index (Phi) is 5.74. The topological polar surface area (TPSA) is 53.0 Å². The molecular weight excluding hydrogens is 304 g/mol. The number of hydrogen-bond acceptors (Lipinski definition) is 4. The first-order valence-corrected chi connectivity index (χ1v) is 9.04. The zero-order chi connectivity index (χ0) is 16.9. The number of para-hydroxylation sites is 1. The van der Waals surface area contributed by atoms with Crippen LogP contribution in [0.5, 0.6) is 5.75 Å². The SMILES string of the molecule is CC(=O)N1CCCN([C@H]2CCC[C@@H](Oc3ccccc3)[C@@H]2O)CC1. The highest BCUT2D eigenvalue weighted by molar-refractivity contribution is 5.73. The van der Waals surface area contributed by atoms with Crippen molar-refractivity contribution in [2.45, 2.75) is 50.9 Å². The molecule has 3 atom stereocenters. The summed E-state index contributed by atoms with van der Waals surface area (Å²) in [6.45, 7) is 4.97. The van der Waals surface area contributed by atoms with E-state index in [0.29, 0.717) is 0 Å². The van der Waals surface area contributed by atoms with Crippen molar-refractivity contribution in [3.63, 3.8) is 0 Å². The number of aliphatic hydroxyl groups excluding tert-OH is 1. The van der Waals surface area contributed by atoms with E-state index in [4.69, 9.17) is 4.74 Å². The lowest BCUT2D eigenvalue weighted by Gasteiger charge is -2.41. The highest BCUT2D eigenvalue weighted by atomic mass is 16.5. The molecule has 132 valence electrons. The third-order valence-corrected chi connectivity index (χ3v) is 5.24. The Labute approximate surface area is 144 Å². The van der Waals surface area contributed by atoms with E-state index in [0.717, 1.165) is 57.6 Å². The van der Waals surface area contributed by atoms with Crippen molar-refractivity contribution in [3.05, 3.63) is 30.3 Å². The second-order valence-electron chi connectivity index (χ2n) is 6.85. The number of nitrogens with zero attached hydrogens (tertiary/aromatic N) is 2. The predicted molar refractivity (Wildman–Crippen MR) is 92.9 cm³/mol. The van der Waals surface area contributed by atoms with E-state index in [1.807, 2.05) is 35.2 Å². The molecule has 24 heavy (non-hydrogen) atoms. The first-order chi connectivity index (χ1) is 11.6. The van der Waals surface area contributed by atoms with Crippen molar-refractivity contribution < 1.29 is 14.6 Å². The van der Waals surface area contributed by atoms with Crippen LogP contribution in [0.15, 0.2) is 30.3 Å². The first kappa shape index (κ1) is 17.2. The van der Waals surface area contributed by atoms with Gasteiger partial charge in [-0.3, -0.25) is 9.69 Å². The van der Waals surface area contributed by atoms with Crippen LogP contribution in [0.3, 0.4) is 0 Å². The van der Waals surface area contributed by atoms with E-state index in [-0.39, 0.29) is 18.1 Å². The molecule has 1 aliphatic heterocycles. The van der Waals surface area contributed by atoms with Gasteiger partial charge in [0.25, 0.3) is 0 Å². The van der Waals surface area contributed by atoms with Crippen molar-refractivity contribution in [2.75, 3.05) is 26.2 Å². The van der Waals surface area contributed by atoms with Gasteiger partial charge in [-0.15, -0.1) is 0 Å². The fourth-order valence-electron chi connectivity index (χ4n) is 3.90. The van der Waals surface area contributed by atoms with Gasteiger partial charge in [0.2, 0.25) is 5.91 Å². The molecule has 1 heterocycles. The fraction of sp³-hybridized carbons (Fsp3) is 0.632. The van der Waals surface area contributed by atoms with E-state index in [2.05, 4.69) is 4.90 Å². The lowest BCUT2D eigenvalue weighted by Crippen LogP contribution is -2.53. The summed E-state index contributed by atoms with van der Waals surface area (Å²) in [5.74, 6) is 0.965. The average Bonchev–Trinajstić information content (AvgIpc) is 2.84. The Balaban J connectivity index is 1.62. The summed E-state index contributed by atoms with van der Waals surface area (Å²) >= 11 is 0. The maximum atomic E-state index is 11.6. The summed E-state index contributed by atoms with van der Waals surface area (Å²) < 4.78 is 6.04. The van der Waals surface area contributed by atoms with E-state index in [1.54, 1.807) is 6.92 Å². The number of carbonyl (C=O) groups excluding carboxylic acids is 1. The standard InChI is InChI=1S/C19H28N2O3/c1-15(22)20-11-6-12-21(14-13-20)17-9-5-10-18(19(17)23)24-16-7-3-2-4-8-16/h2-4,7-8,17-19,23H,5-6,9-14H2,1H3/t17-,18+,19+/m0/s1. The van der Waals surface area contributed by atoms with Gasteiger partial charge in [0, 0.05) is 39.1 Å². The van der Waals surface area contributed by atoms with Crippen LogP contribution in [0.4, 0.5) is 0 Å². The summed E-state index contributed by atoms with van der Waals surface area (Å²) in [7, 11) is 0. The summed E-state index contributed by atoms with van der Waals surface area (Å²) in [6, 6.07) is 9.87. The molecule has 1 N–H and O–H groups in total. The van der Waals surface area contributed by atoms with Crippen molar-refractivity contribution in [1.82, 2.24) is 9.80 Å². The second kappa shape index (κ2) is 7.99. The lowest BCUT2D eigenvalue weighted by atomic mass is 9.88. The van der Waals surface area contributed by atoms with Crippen molar-refractivity contribution in [1.29, 1.82) is 0 Å². The third-order valence-electron chi connectivity index (χ3n) is 5.24. The van der Waals surface area contributed by atoms with Gasteiger partial charge < -0.3 is 14.7 Å². The number of rotatable bonds is 3. The largest absolute Gasteiger partial charge is 0.488 e. The lowest BCUT2D eigenvalue weighted by molar-refractivity contribution is -0.128. The molecule has 0 bridgehead atoms. The van der Waals surface area contributed by atoms with Crippen molar-refractivity contribution >= 4 is 5.91 Å². The van der Waals surface area contributed by atoms with Gasteiger partial charge in [0.15, 0.2) is 0 Å². The molecule has 1 saturated heterocycles. The van der Waals surface area contributed by atoms with Crippen molar-refractivity contribution in [2.24, 2.45) is 0 Å². The number of carbonyl (C=O) groups is 1. The van der Waals surface area contributed by atoms with Crippen LogP contribution in [-0.2, 0) is 4.79 Å². The predicted octanol–water partition coefficient (Wildman–Crippen LogP) is 1.90. The fourth-order valence-corrected chi connectivity index (χ4v) is 3.90. The zero-order valence-electron chi connectivity index (χ0n) is 14.4. The van der Waals surface area contributed by atoms with Crippen LogP contribution < -0.4 is 4.74 Å². The summed E-state index contributed by atoms with van der Waals surface area (Å²) in [4.78, 5) is 15.9. The molecule has 0 unspecified atom stereocenters. The maximum Gasteiger partial charge on any atom is 0.219 e. The molecule has 3 rings (SSSR count). The minimum Gasteiger partial charge on any atom is -0.488 e. The molecule has 2 fully saturated rings. The van der Waals surface area contributed by atoms with Gasteiger partial charge >= 0.3 is 0 Å². The second-order valence-corrected chi connectivity index (χ2v) is 6.85. The van der Waals surface area contributed by atoms with E-state index in [9.17, 15) is 9.90 Å². The highest BCUT2D eigenvalue weighted by Crippen LogP contribution is 2.28. The van der Waals surface area contributed by atoms with Gasteiger partial charge in [0.1, 0.15) is 18.0 Å². The molecule has 0 spiro atoms. The van der Waals surface area contributed by atoms with Gasteiger partial charge in [-0.05, 0) is 37.8 Å². The average molecular weight is 332 g/mol. The normalized spacial score (nSPS) is 29.1. The van der Waals surface area contributed by atoms with Crippen LogP contribution in [0.2, 0.25) is 0 Å². The van der Waals surface area contributed by atoms with E-state index in [1.165, 1.54) is 0 Å². The number of ether oxygens (including phenoxy) is 1. The molecule has 0 aromatic heterocycles. The molecule has 2 aliphatic rings.